The van der Waals surface area contributed by atoms with Gasteiger partial charge in [-0.3, -0.25) is 4.79 Å². The predicted octanol–water partition coefficient (Wildman–Crippen LogP) is 0.678. The van der Waals surface area contributed by atoms with Gasteiger partial charge in [-0.05, 0) is 24.4 Å². The molecule has 9 heteroatoms. The summed E-state index contributed by atoms with van der Waals surface area (Å²) in [7, 11) is 0. The normalized spacial score (nSPS) is 24.0. The van der Waals surface area contributed by atoms with Crippen molar-refractivity contribution in [3.05, 3.63) is 22.5 Å². The fraction of sp³-hybridized carbons (Fsp3) is 0.615. The molecule has 0 spiro atoms. The molecule has 1 saturated heterocycles. The van der Waals surface area contributed by atoms with E-state index in [-0.39, 0.29) is 18.1 Å². The third-order valence-corrected chi connectivity index (χ3v) is 5.06. The first-order valence-electron chi connectivity index (χ1n) is 7.39. The Kier molecular flexibility index (Phi) is 3.38. The van der Waals surface area contributed by atoms with Crippen molar-refractivity contribution < 1.29 is 9.53 Å². The summed E-state index contributed by atoms with van der Waals surface area (Å²) in [5, 5.41) is 12.1. The topological polar surface area (TPSA) is 86.0 Å². The van der Waals surface area contributed by atoms with E-state index < -0.39 is 0 Å². The maximum atomic E-state index is 12.7. The average Bonchev–Trinajstić information content (AvgIpc) is 3.22. The van der Waals surface area contributed by atoms with Crippen molar-refractivity contribution in [3.8, 4) is 0 Å². The third kappa shape index (κ3) is 2.12. The summed E-state index contributed by atoms with van der Waals surface area (Å²) in [6, 6.07) is 0.0370. The van der Waals surface area contributed by atoms with Crippen LogP contribution in [0.3, 0.4) is 0 Å². The molecule has 2 aromatic rings. The molecular weight excluding hydrogens is 304 g/mol. The van der Waals surface area contributed by atoms with Gasteiger partial charge in [0.15, 0.2) is 0 Å². The van der Waals surface area contributed by atoms with Crippen LogP contribution < -0.4 is 0 Å². The molecule has 0 N–H and O–H groups in total. The summed E-state index contributed by atoms with van der Waals surface area (Å²) >= 11 is 1.17. The summed E-state index contributed by atoms with van der Waals surface area (Å²) < 4.78 is 11.7. The molecule has 2 atom stereocenters. The molecule has 8 nitrogen and oxygen atoms in total. The number of hydrogen-bond acceptors (Lipinski definition) is 7. The molecule has 0 radical (unpaired) electrons. The van der Waals surface area contributed by atoms with E-state index in [1.165, 1.54) is 11.5 Å². The molecule has 0 aromatic carbocycles. The number of aryl methyl sites for hydroxylation is 1. The third-order valence-electron chi connectivity index (χ3n) is 4.30. The van der Waals surface area contributed by atoms with Crippen molar-refractivity contribution in [2.45, 2.75) is 38.5 Å². The minimum absolute atomic E-state index is 0.0116. The Hall–Kier alpha value is -1.87. The van der Waals surface area contributed by atoms with Gasteiger partial charge in [-0.25, -0.2) is 4.68 Å². The molecule has 1 amide bonds. The minimum Gasteiger partial charge on any atom is -0.370 e. The highest BCUT2D eigenvalue weighted by atomic mass is 32.1. The van der Waals surface area contributed by atoms with Gasteiger partial charge in [0.25, 0.3) is 5.91 Å². The smallest absolute Gasteiger partial charge is 0.267 e. The van der Waals surface area contributed by atoms with E-state index in [9.17, 15) is 4.79 Å². The first kappa shape index (κ1) is 13.8. The summed E-state index contributed by atoms with van der Waals surface area (Å²) in [5.41, 5.74) is 1.74. The van der Waals surface area contributed by atoms with Gasteiger partial charge >= 0.3 is 0 Å². The number of hydrogen-bond donors (Lipinski definition) is 0. The van der Waals surface area contributed by atoms with E-state index in [4.69, 9.17) is 4.74 Å². The van der Waals surface area contributed by atoms with E-state index in [0.717, 1.165) is 17.8 Å². The number of piperidine rings is 1. The number of carbonyl (C=O) groups is 1. The molecule has 2 aromatic heterocycles. The quantitative estimate of drug-likeness (QED) is 0.809. The SMILES string of the molecule is CCc1nnsc1C(=O)N1CC[C@H]2OCc3cnnn3[C@@H]2C1. The van der Waals surface area contributed by atoms with Crippen molar-refractivity contribution in [3.63, 3.8) is 0 Å². The molecule has 2 aliphatic rings. The largest absolute Gasteiger partial charge is 0.370 e. The lowest BCUT2D eigenvalue weighted by molar-refractivity contribution is -0.0604. The summed E-state index contributed by atoms with van der Waals surface area (Å²) in [6.07, 6.45) is 3.35. The molecular formula is C13H16N6O2S. The standard InChI is InChI=1S/C13H16N6O2S/c1-2-9-12(22-17-15-9)13(20)18-4-3-11-10(6-18)19-8(7-21-11)5-14-16-19/h5,10-11H,2-4,6-7H2,1H3/t10-,11-/m1/s1. The van der Waals surface area contributed by atoms with E-state index in [1.54, 1.807) is 6.20 Å². The van der Waals surface area contributed by atoms with Gasteiger partial charge in [0.05, 0.1) is 36.3 Å². The molecule has 0 aliphatic carbocycles. The highest BCUT2D eigenvalue weighted by Crippen LogP contribution is 2.31. The number of amides is 1. The Morgan fingerprint density at radius 1 is 1.55 bits per heavy atom. The van der Waals surface area contributed by atoms with Crippen LogP contribution in [0.2, 0.25) is 0 Å². The number of aromatic nitrogens is 5. The fourth-order valence-corrected chi connectivity index (χ4v) is 3.83. The Balaban J connectivity index is 1.58. The van der Waals surface area contributed by atoms with Crippen LogP contribution in [0.1, 0.15) is 40.4 Å². The number of carbonyl (C=O) groups excluding carboxylic acids is 1. The van der Waals surface area contributed by atoms with Crippen molar-refractivity contribution in [2.75, 3.05) is 13.1 Å². The number of ether oxygens (including phenoxy) is 1. The molecule has 2 aliphatic heterocycles. The Morgan fingerprint density at radius 3 is 3.32 bits per heavy atom. The van der Waals surface area contributed by atoms with Crippen LogP contribution in [0.5, 0.6) is 0 Å². The number of likely N-dealkylation sites (tertiary alicyclic amines) is 1. The molecule has 4 heterocycles. The maximum absolute atomic E-state index is 12.7. The molecule has 0 saturated carbocycles. The Morgan fingerprint density at radius 2 is 2.45 bits per heavy atom. The van der Waals surface area contributed by atoms with E-state index in [1.807, 2.05) is 16.5 Å². The Labute approximate surface area is 131 Å². The lowest BCUT2D eigenvalue weighted by Gasteiger charge is -2.40. The lowest BCUT2D eigenvalue weighted by Crippen LogP contribution is -2.49. The van der Waals surface area contributed by atoms with Crippen LogP contribution in [-0.4, -0.2) is 54.6 Å². The minimum atomic E-state index is 0.0116. The summed E-state index contributed by atoms with van der Waals surface area (Å²) in [6.45, 7) is 3.79. The second kappa shape index (κ2) is 5.40. The fourth-order valence-electron chi connectivity index (χ4n) is 3.11. The highest BCUT2D eigenvalue weighted by molar-refractivity contribution is 7.08. The van der Waals surface area contributed by atoms with Gasteiger partial charge in [0.2, 0.25) is 0 Å². The molecule has 22 heavy (non-hydrogen) atoms. The van der Waals surface area contributed by atoms with Crippen LogP contribution in [0.15, 0.2) is 6.20 Å². The second-order valence-corrected chi connectivity index (χ2v) is 6.28. The van der Waals surface area contributed by atoms with Gasteiger partial charge in [-0.1, -0.05) is 16.6 Å². The van der Waals surface area contributed by atoms with Gasteiger partial charge in [-0.2, -0.15) is 0 Å². The van der Waals surface area contributed by atoms with Gasteiger partial charge in [0, 0.05) is 13.1 Å². The summed E-state index contributed by atoms with van der Waals surface area (Å²) in [5.74, 6) is 0.0116. The highest BCUT2D eigenvalue weighted by Gasteiger charge is 2.38. The van der Waals surface area contributed by atoms with Crippen molar-refractivity contribution in [1.29, 1.82) is 0 Å². The number of rotatable bonds is 2. The first-order valence-corrected chi connectivity index (χ1v) is 8.16. The zero-order valence-corrected chi connectivity index (χ0v) is 13.0. The Bertz CT molecular complexity index is 698. The van der Waals surface area contributed by atoms with E-state index >= 15 is 0 Å². The molecule has 0 unspecified atom stereocenters. The van der Waals surface area contributed by atoms with Crippen LogP contribution >= 0.6 is 11.5 Å². The van der Waals surface area contributed by atoms with Crippen LogP contribution in [0, 0.1) is 0 Å². The van der Waals surface area contributed by atoms with Crippen molar-refractivity contribution in [1.82, 2.24) is 29.5 Å². The van der Waals surface area contributed by atoms with E-state index in [2.05, 4.69) is 19.9 Å². The second-order valence-electron chi connectivity index (χ2n) is 5.53. The zero-order valence-electron chi connectivity index (χ0n) is 12.2. The van der Waals surface area contributed by atoms with Gasteiger partial charge < -0.3 is 9.64 Å². The number of nitrogens with zero attached hydrogens (tertiary/aromatic N) is 6. The zero-order chi connectivity index (χ0) is 15.1. The maximum Gasteiger partial charge on any atom is 0.267 e. The van der Waals surface area contributed by atoms with E-state index in [0.29, 0.717) is 31.0 Å². The average molecular weight is 320 g/mol. The van der Waals surface area contributed by atoms with Crippen molar-refractivity contribution >= 4 is 17.4 Å². The molecule has 0 bridgehead atoms. The summed E-state index contributed by atoms with van der Waals surface area (Å²) in [4.78, 5) is 15.2. The molecule has 1 fully saturated rings. The van der Waals surface area contributed by atoms with Gasteiger partial charge in [0.1, 0.15) is 4.88 Å². The van der Waals surface area contributed by atoms with Crippen LogP contribution in [0.25, 0.3) is 0 Å². The van der Waals surface area contributed by atoms with Crippen molar-refractivity contribution in [2.24, 2.45) is 0 Å². The predicted molar refractivity (Wildman–Crippen MR) is 77.4 cm³/mol. The lowest BCUT2D eigenvalue weighted by atomic mass is 10.00. The first-order chi connectivity index (χ1) is 10.8. The van der Waals surface area contributed by atoms with Crippen LogP contribution in [-0.2, 0) is 17.8 Å². The van der Waals surface area contributed by atoms with Crippen LogP contribution in [0.4, 0.5) is 0 Å². The van der Waals surface area contributed by atoms with Gasteiger partial charge in [-0.15, -0.1) is 10.2 Å². The number of fused-ring (bicyclic) bond motifs is 3. The molecule has 4 rings (SSSR count). The monoisotopic (exact) mass is 320 g/mol. The molecule has 116 valence electrons.